The molecule has 1 aliphatic rings. The Morgan fingerprint density at radius 1 is 1.14 bits per heavy atom. The zero-order valence-corrected chi connectivity index (χ0v) is 12.9. The van der Waals surface area contributed by atoms with Crippen molar-refractivity contribution < 1.29 is 9.47 Å². The Kier molecular flexibility index (Phi) is 3.86. The Labute approximate surface area is 125 Å². The highest BCUT2D eigenvalue weighted by Gasteiger charge is 2.27. The highest BCUT2D eigenvalue weighted by atomic mass is 16.5. The summed E-state index contributed by atoms with van der Waals surface area (Å²) in [5, 5.41) is 4.29. The lowest BCUT2D eigenvalue weighted by atomic mass is 10.1. The quantitative estimate of drug-likeness (QED) is 0.873. The molecule has 0 amide bonds. The van der Waals surface area contributed by atoms with Gasteiger partial charge in [-0.05, 0) is 44.9 Å². The van der Waals surface area contributed by atoms with Gasteiger partial charge in [0.25, 0.3) is 0 Å². The lowest BCUT2D eigenvalue weighted by Gasteiger charge is -2.16. The molecule has 0 bridgehead atoms. The maximum Gasteiger partial charge on any atom is 0.145 e. The van der Waals surface area contributed by atoms with Crippen molar-refractivity contribution in [1.82, 2.24) is 4.98 Å². The van der Waals surface area contributed by atoms with Crippen molar-refractivity contribution in [3.8, 4) is 11.5 Å². The zero-order valence-electron chi connectivity index (χ0n) is 12.9. The van der Waals surface area contributed by atoms with Crippen LogP contribution in [0, 0.1) is 0 Å². The monoisotopic (exact) mass is 286 g/mol. The fraction of sp³-hybridized carbons (Fsp3) is 0.471. The summed E-state index contributed by atoms with van der Waals surface area (Å²) in [5.74, 6) is 2.29. The maximum absolute atomic E-state index is 5.78. The van der Waals surface area contributed by atoms with Crippen molar-refractivity contribution in [2.45, 2.75) is 32.6 Å². The molecule has 1 aliphatic carbocycles. The number of aromatic nitrogens is 1. The summed E-state index contributed by atoms with van der Waals surface area (Å²) >= 11 is 0. The molecule has 0 atom stereocenters. The third-order valence-corrected chi connectivity index (χ3v) is 3.77. The van der Waals surface area contributed by atoms with Crippen LogP contribution in [0.1, 0.15) is 38.3 Å². The molecule has 4 heteroatoms. The SMILES string of the molecule is CCOc1ccc(OCC)c2c(NC)cc(C3CC3)nc12. The fourth-order valence-electron chi connectivity index (χ4n) is 2.64. The second kappa shape index (κ2) is 5.80. The standard InChI is InChI=1S/C17H22N2O2/c1-4-20-14-8-9-15(21-5-2)17-16(14)13(18-3)10-12(19-17)11-6-7-11/h8-11H,4-7H2,1-3H3,(H,18,19). The van der Waals surface area contributed by atoms with E-state index in [1.165, 1.54) is 12.8 Å². The molecule has 2 aromatic rings. The van der Waals surface area contributed by atoms with Crippen LogP contribution >= 0.6 is 0 Å². The summed E-state index contributed by atoms with van der Waals surface area (Å²) in [7, 11) is 1.94. The number of rotatable bonds is 6. The van der Waals surface area contributed by atoms with Crippen LogP contribution in [0.25, 0.3) is 10.9 Å². The minimum absolute atomic E-state index is 0.603. The number of ether oxygens (including phenoxy) is 2. The third kappa shape index (κ3) is 2.62. The van der Waals surface area contributed by atoms with Crippen molar-refractivity contribution in [2.24, 2.45) is 0 Å². The number of anilines is 1. The van der Waals surface area contributed by atoms with Crippen molar-refractivity contribution in [2.75, 3.05) is 25.6 Å². The first-order valence-corrected chi connectivity index (χ1v) is 7.69. The van der Waals surface area contributed by atoms with E-state index < -0.39 is 0 Å². The van der Waals surface area contributed by atoms with Gasteiger partial charge in [0.1, 0.15) is 17.0 Å². The number of pyridine rings is 1. The predicted molar refractivity (Wildman–Crippen MR) is 85.6 cm³/mol. The summed E-state index contributed by atoms with van der Waals surface area (Å²) in [6.45, 7) is 5.25. The molecule has 1 saturated carbocycles. The smallest absolute Gasteiger partial charge is 0.145 e. The van der Waals surface area contributed by atoms with Gasteiger partial charge in [0.15, 0.2) is 0 Å². The van der Waals surface area contributed by atoms with Gasteiger partial charge in [-0.1, -0.05) is 0 Å². The molecule has 4 nitrogen and oxygen atoms in total. The minimum atomic E-state index is 0.603. The van der Waals surface area contributed by atoms with Gasteiger partial charge in [0.05, 0.1) is 18.6 Å². The molecule has 0 spiro atoms. The van der Waals surface area contributed by atoms with Crippen molar-refractivity contribution in [3.05, 3.63) is 23.9 Å². The first-order chi connectivity index (χ1) is 10.3. The molecule has 0 radical (unpaired) electrons. The number of nitrogens with zero attached hydrogens (tertiary/aromatic N) is 1. The number of fused-ring (bicyclic) bond motifs is 1. The lowest BCUT2D eigenvalue weighted by molar-refractivity contribution is 0.336. The average Bonchev–Trinajstić information content (AvgIpc) is 3.33. The summed E-state index contributed by atoms with van der Waals surface area (Å²) in [5.41, 5.74) is 3.12. The Morgan fingerprint density at radius 2 is 1.81 bits per heavy atom. The van der Waals surface area contributed by atoms with Crippen LogP contribution in [0.5, 0.6) is 11.5 Å². The number of benzene rings is 1. The molecule has 3 rings (SSSR count). The highest BCUT2D eigenvalue weighted by molar-refractivity contribution is 6.00. The van der Waals surface area contributed by atoms with E-state index in [1.807, 2.05) is 33.0 Å². The van der Waals surface area contributed by atoms with Crippen LogP contribution in [-0.2, 0) is 0 Å². The molecule has 1 aromatic carbocycles. The van der Waals surface area contributed by atoms with E-state index >= 15 is 0 Å². The first kappa shape index (κ1) is 14.0. The van der Waals surface area contributed by atoms with Crippen LogP contribution in [-0.4, -0.2) is 25.2 Å². The van der Waals surface area contributed by atoms with E-state index in [1.54, 1.807) is 0 Å². The van der Waals surface area contributed by atoms with Gasteiger partial charge < -0.3 is 14.8 Å². The maximum atomic E-state index is 5.78. The Bertz CT molecular complexity index is 651. The molecule has 1 N–H and O–H groups in total. The molecule has 0 unspecified atom stereocenters. The van der Waals surface area contributed by atoms with Crippen molar-refractivity contribution in [1.29, 1.82) is 0 Å². The number of nitrogens with one attached hydrogen (secondary N) is 1. The normalized spacial score (nSPS) is 14.2. The molecule has 1 fully saturated rings. The predicted octanol–water partition coefficient (Wildman–Crippen LogP) is 3.95. The van der Waals surface area contributed by atoms with Crippen molar-refractivity contribution in [3.63, 3.8) is 0 Å². The minimum Gasteiger partial charge on any atom is -0.493 e. The molecule has 0 aliphatic heterocycles. The molecule has 1 heterocycles. The molecule has 1 aromatic heterocycles. The van der Waals surface area contributed by atoms with E-state index in [9.17, 15) is 0 Å². The first-order valence-electron chi connectivity index (χ1n) is 7.69. The largest absolute Gasteiger partial charge is 0.493 e. The third-order valence-electron chi connectivity index (χ3n) is 3.77. The van der Waals surface area contributed by atoms with E-state index in [2.05, 4.69) is 11.4 Å². The van der Waals surface area contributed by atoms with Gasteiger partial charge >= 0.3 is 0 Å². The molecule has 112 valence electrons. The van der Waals surface area contributed by atoms with Gasteiger partial charge in [0.2, 0.25) is 0 Å². The van der Waals surface area contributed by atoms with Crippen LogP contribution in [0.4, 0.5) is 5.69 Å². The van der Waals surface area contributed by atoms with Crippen LogP contribution < -0.4 is 14.8 Å². The average molecular weight is 286 g/mol. The van der Waals surface area contributed by atoms with E-state index in [4.69, 9.17) is 14.5 Å². The highest BCUT2D eigenvalue weighted by Crippen LogP contribution is 2.44. The number of hydrogen-bond acceptors (Lipinski definition) is 4. The van der Waals surface area contributed by atoms with Gasteiger partial charge in [-0.2, -0.15) is 0 Å². The summed E-state index contributed by atoms with van der Waals surface area (Å²) in [4.78, 5) is 4.86. The van der Waals surface area contributed by atoms with E-state index in [0.717, 1.165) is 33.8 Å². The second-order valence-electron chi connectivity index (χ2n) is 5.27. The van der Waals surface area contributed by atoms with Crippen molar-refractivity contribution >= 4 is 16.6 Å². The van der Waals surface area contributed by atoms with Crippen LogP contribution in [0.15, 0.2) is 18.2 Å². The van der Waals surface area contributed by atoms with Gasteiger partial charge in [-0.25, -0.2) is 4.98 Å². The summed E-state index contributed by atoms with van der Waals surface area (Å²) in [6.07, 6.45) is 2.47. The fourth-order valence-corrected chi connectivity index (χ4v) is 2.64. The molecule has 21 heavy (non-hydrogen) atoms. The zero-order chi connectivity index (χ0) is 14.8. The summed E-state index contributed by atoms with van der Waals surface area (Å²) < 4.78 is 11.5. The number of hydrogen-bond donors (Lipinski definition) is 1. The topological polar surface area (TPSA) is 43.4 Å². The summed E-state index contributed by atoms with van der Waals surface area (Å²) in [6, 6.07) is 6.08. The van der Waals surface area contributed by atoms with Gasteiger partial charge in [0, 0.05) is 24.3 Å². The van der Waals surface area contributed by atoms with E-state index in [-0.39, 0.29) is 0 Å². The lowest BCUT2D eigenvalue weighted by Crippen LogP contribution is -2.02. The molecular weight excluding hydrogens is 264 g/mol. The second-order valence-corrected chi connectivity index (χ2v) is 5.27. The Hall–Kier alpha value is -1.97. The Morgan fingerprint density at radius 3 is 2.43 bits per heavy atom. The van der Waals surface area contributed by atoms with Gasteiger partial charge in [-0.3, -0.25) is 0 Å². The van der Waals surface area contributed by atoms with Crippen LogP contribution in [0.2, 0.25) is 0 Å². The van der Waals surface area contributed by atoms with Gasteiger partial charge in [-0.15, -0.1) is 0 Å². The van der Waals surface area contributed by atoms with Crippen LogP contribution in [0.3, 0.4) is 0 Å². The van der Waals surface area contributed by atoms with E-state index in [0.29, 0.717) is 19.1 Å². The Balaban J connectivity index is 2.25. The molecule has 0 saturated heterocycles. The molecular formula is C17H22N2O2.